The van der Waals surface area contributed by atoms with Crippen LogP contribution >= 0.6 is 0 Å². The van der Waals surface area contributed by atoms with Crippen molar-refractivity contribution in [1.82, 2.24) is 0 Å². The third-order valence-electron chi connectivity index (χ3n) is 1.14. The Hall–Kier alpha value is -0.520. The summed E-state index contributed by atoms with van der Waals surface area (Å²) in [6.45, 7) is 6.44. The average molecular weight is 124 g/mol. The minimum absolute atomic E-state index is 1.13. The molecule has 9 heavy (non-hydrogen) atoms. The molecule has 0 fully saturated rings. The first-order valence-corrected chi connectivity index (χ1v) is 3.64. The lowest BCUT2D eigenvalue weighted by Crippen LogP contribution is -1.66. The van der Waals surface area contributed by atoms with Gasteiger partial charge in [0.05, 0.1) is 0 Å². The molecule has 0 heteroatoms. The lowest BCUT2D eigenvalue weighted by Gasteiger charge is -1.87. The van der Waals surface area contributed by atoms with Crippen molar-refractivity contribution in [2.45, 2.75) is 33.6 Å². The number of hydrogen-bond acceptors (Lipinski definition) is 0. The third-order valence-corrected chi connectivity index (χ3v) is 1.14. The molecule has 0 spiro atoms. The van der Waals surface area contributed by atoms with Crippen molar-refractivity contribution in [2.24, 2.45) is 0 Å². The van der Waals surface area contributed by atoms with E-state index in [1.807, 2.05) is 0 Å². The van der Waals surface area contributed by atoms with Crippen LogP contribution in [0.15, 0.2) is 23.8 Å². The van der Waals surface area contributed by atoms with Gasteiger partial charge in [-0.3, -0.25) is 0 Å². The summed E-state index contributed by atoms with van der Waals surface area (Å²) >= 11 is 0. The van der Waals surface area contributed by atoms with Gasteiger partial charge in [0, 0.05) is 0 Å². The van der Waals surface area contributed by atoms with E-state index in [1.165, 1.54) is 5.57 Å². The van der Waals surface area contributed by atoms with E-state index >= 15 is 0 Å². The van der Waals surface area contributed by atoms with Gasteiger partial charge in [-0.1, -0.05) is 37.6 Å². The van der Waals surface area contributed by atoms with Crippen LogP contribution in [0.3, 0.4) is 0 Å². The van der Waals surface area contributed by atoms with Crippen LogP contribution in [-0.2, 0) is 0 Å². The van der Waals surface area contributed by atoms with Crippen LogP contribution in [-0.4, -0.2) is 0 Å². The molecule has 0 radical (unpaired) electrons. The van der Waals surface area contributed by atoms with Crippen LogP contribution in [0.2, 0.25) is 0 Å². The summed E-state index contributed by atoms with van der Waals surface area (Å²) in [6, 6.07) is 0. The Morgan fingerprint density at radius 1 is 1.22 bits per heavy atom. The van der Waals surface area contributed by atoms with Crippen molar-refractivity contribution in [1.29, 1.82) is 0 Å². The summed E-state index contributed by atoms with van der Waals surface area (Å²) in [4.78, 5) is 0. The van der Waals surface area contributed by atoms with E-state index in [1.54, 1.807) is 0 Å². The fourth-order valence-electron chi connectivity index (χ4n) is 0.694. The zero-order valence-corrected chi connectivity index (χ0v) is 6.65. The van der Waals surface area contributed by atoms with Gasteiger partial charge in [-0.25, -0.2) is 0 Å². The quantitative estimate of drug-likeness (QED) is 0.506. The van der Waals surface area contributed by atoms with Crippen molar-refractivity contribution in [3.8, 4) is 0 Å². The summed E-state index contributed by atoms with van der Waals surface area (Å²) in [5.41, 5.74) is 1.37. The van der Waals surface area contributed by atoms with E-state index in [4.69, 9.17) is 0 Å². The second-order valence-electron chi connectivity index (χ2n) is 2.17. The number of hydrogen-bond donors (Lipinski definition) is 0. The highest BCUT2D eigenvalue weighted by atomic mass is 13.8. The van der Waals surface area contributed by atoms with Gasteiger partial charge >= 0.3 is 0 Å². The highest BCUT2D eigenvalue weighted by Gasteiger charge is 1.75. The van der Waals surface area contributed by atoms with Crippen LogP contribution in [0, 0.1) is 0 Å². The molecule has 0 N–H and O–H groups in total. The standard InChI is InChI=1S/C9H16/c1-4-6-8-9(3)7-5-2/h6-8H,4-5H2,1-3H3. The zero-order valence-electron chi connectivity index (χ0n) is 6.65. The summed E-state index contributed by atoms with van der Waals surface area (Å²) in [5, 5.41) is 0. The predicted octanol–water partition coefficient (Wildman–Crippen LogP) is 3.31. The Bertz CT molecular complexity index is 107. The molecule has 0 rings (SSSR count). The first kappa shape index (κ1) is 8.48. The van der Waals surface area contributed by atoms with Crippen molar-refractivity contribution >= 4 is 0 Å². The van der Waals surface area contributed by atoms with Gasteiger partial charge in [0.2, 0.25) is 0 Å². The van der Waals surface area contributed by atoms with E-state index in [-0.39, 0.29) is 0 Å². The minimum atomic E-state index is 1.13. The molecule has 0 aromatic heterocycles. The highest BCUT2D eigenvalue weighted by molar-refractivity contribution is 5.14. The van der Waals surface area contributed by atoms with Crippen LogP contribution in [0.4, 0.5) is 0 Å². The van der Waals surface area contributed by atoms with E-state index in [2.05, 4.69) is 39.0 Å². The van der Waals surface area contributed by atoms with Crippen LogP contribution in [0.1, 0.15) is 33.6 Å². The molecule has 0 aliphatic carbocycles. The van der Waals surface area contributed by atoms with Gasteiger partial charge < -0.3 is 0 Å². The SMILES string of the molecule is CCC=CC(C)=CCC. The first-order valence-electron chi connectivity index (χ1n) is 3.64. The fourth-order valence-corrected chi connectivity index (χ4v) is 0.694. The first-order chi connectivity index (χ1) is 4.31. The van der Waals surface area contributed by atoms with Crippen molar-refractivity contribution in [2.75, 3.05) is 0 Å². The molecule has 0 nitrogen and oxygen atoms in total. The molecule has 0 heterocycles. The van der Waals surface area contributed by atoms with E-state index < -0.39 is 0 Å². The number of rotatable bonds is 3. The molecule has 52 valence electrons. The van der Waals surface area contributed by atoms with E-state index in [0.717, 1.165) is 12.8 Å². The second kappa shape index (κ2) is 5.61. The van der Waals surface area contributed by atoms with Gasteiger partial charge in [-0.05, 0) is 19.8 Å². The normalized spacial score (nSPS) is 13.0. The van der Waals surface area contributed by atoms with Gasteiger partial charge in [-0.15, -0.1) is 0 Å². The molecular formula is C9H16. The molecule has 0 aliphatic rings. The van der Waals surface area contributed by atoms with Crippen LogP contribution in [0.5, 0.6) is 0 Å². The van der Waals surface area contributed by atoms with Crippen molar-refractivity contribution < 1.29 is 0 Å². The van der Waals surface area contributed by atoms with Gasteiger partial charge in [0.25, 0.3) is 0 Å². The maximum atomic E-state index is 2.23. The monoisotopic (exact) mass is 124 g/mol. The molecular weight excluding hydrogens is 108 g/mol. The predicted molar refractivity (Wildman–Crippen MR) is 43.5 cm³/mol. The largest absolute Gasteiger partial charge is 0.0846 e. The van der Waals surface area contributed by atoms with E-state index in [9.17, 15) is 0 Å². The van der Waals surface area contributed by atoms with Crippen molar-refractivity contribution in [3.05, 3.63) is 23.8 Å². The molecule has 0 aromatic rings. The van der Waals surface area contributed by atoms with Gasteiger partial charge in [0.1, 0.15) is 0 Å². The Labute approximate surface area is 58.3 Å². The Kier molecular flexibility index (Phi) is 5.29. The van der Waals surface area contributed by atoms with Crippen LogP contribution < -0.4 is 0 Å². The molecule has 0 saturated heterocycles. The Morgan fingerprint density at radius 2 is 1.89 bits per heavy atom. The maximum absolute atomic E-state index is 2.23. The maximum Gasteiger partial charge on any atom is -0.0374 e. The summed E-state index contributed by atoms with van der Waals surface area (Å²) < 4.78 is 0. The molecule has 0 atom stereocenters. The molecule has 0 aromatic carbocycles. The smallest absolute Gasteiger partial charge is 0.0374 e. The topological polar surface area (TPSA) is 0 Å². The van der Waals surface area contributed by atoms with Crippen molar-refractivity contribution in [3.63, 3.8) is 0 Å². The molecule has 0 aliphatic heterocycles. The van der Waals surface area contributed by atoms with Gasteiger partial charge in [0.15, 0.2) is 0 Å². The number of allylic oxidation sites excluding steroid dienone is 4. The Balaban J connectivity index is 3.60. The lowest BCUT2D eigenvalue weighted by atomic mass is 10.2. The summed E-state index contributed by atoms with van der Waals surface area (Å²) in [6.07, 6.45) is 8.85. The second-order valence-corrected chi connectivity index (χ2v) is 2.17. The zero-order chi connectivity index (χ0) is 7.11. The Morgan fingerprint density at radius 3 is 2.33 bits per heavy atom. The van der Waals surface area contributed by atoms with Crippen LogP contribution in [0.25, 0.3) is 0 Å². The molecule has 0 bridgehead atoms. The minimum Gasteiger partial charge on any atom is -0.0846 e. The lowest BCUT2D eigenvalue weighted by molar-refractivity contribution is 1.18. The molecule has 0 saturated carbocycles. The third kappa shape index (κ3) is 5.35. The highest BCUT2D eigenvalue weighted by Crippen LogP contribution is 1.97. The summed E-state index contributed by atoms with van der Waals surface area (Å²) in [5.74, 6) is 0. The molecule has 0 unspecified atom stereocenters. The average Bonchev–Trinajstić information content (AvgIpc) is 1.85. The molecule has 0 amide bonds. The summed E-state index contributed by atoms with van der Waals surface area (Å²) in [7, 11) is 0. The fraction of sp³-hybridized carbons (Fsp3) is 0.556. The van der Waals surface area contributed by atoms with E-state index in [0.29, 0.717) is 0 Å². The van der Waals surface area contributed by atoms with Gasteiger partial charge in [-0.2, -0.15) is 0 Å².